The number of amides is 1. The van der Waals surface area contributed by atoms with Crippen molar-refractivity contribution in [1.29, 1.82) is 0 Å². The molecule has 0 saturated carbocycles. The number of nitrogens with zero attached hydrogens (tertiary/aromatic N) is 1. The highest BCUT2D eigenvalue weighted by atomic mass is 32.2. The minimum absolute atomic E-state index is 0.00478. The number of thioether (sulfide) groups is 1. The number of halogens is 3. The van der Waals surface area contributed by atoms with Crippen LogP contribution in [0.1, 0.15) is 24.0 Å². The van der Waals surface area contributed by atoms with Crippen molar-refractivity contribution in [3.8, 4) is 5.75 Å². The van der Waals surface area contributed by atoms with Crippen molar-refractivity contribution in [2.45, 2.75) is 36.9 Å². The number of ether oxygens (including phenoxy) is 2. The Bertz CT molecular complexity index is 994. The van der Waals surface area contributed by atoms with Crippen molar-refractivity contribution < 1.29 is 32.4 Å². The molecule has 3 rings (SSSR count). The third-order valence-electron chi connectivity index (χ3n) is 4.70. The van der Waals surface area contributed by atoms with E-state index in [4.69, 9.17) is 9.47 Å². The third kappa shape index (κ3) is 6.36. The predicted molar refractivity (Wildman–Crippen MR) is 113 cm³/mol. The lowest BCUT2D eigenvalue weighted by Gasteiger charge is -2.16. The fourth-order valence-electron chi connectivity index (χ4n) is 3.10. The molecule has 2 aromatic carbocycles. The number of anilines is 1. The van der Waals surface area contributed by atoms with Gasteiger partial charge in [-0.2, -0.15) is 13.2 Å². The average Bonchev–Trinajstić information content (AvgIpc) is 3.25. The van der Waals surface area contributed by atoms with E-state index in [1.807, 2.05) is 6.92 Å². The Labute approximate surface area is 186 Å². The quantitative estimate of drug-likeness (QED) is 0.324. The number of benzene rings is 2. The number of nitrogens with one attached hydrogen (secondary N) is 1. The smallest absolute Gasteiger partial charge is 0.416 e. The van der Waals surface area contributed by atoms with E-state index in [0.717, 1.165) is 42.3 Å². The summed E-state index contributed by atoms with van der Waals surface area (Å²) in [5.74, 6) is -0.236. The number of hydrogen-bond donors (Lipinski definition) is 1. The molecule has 7 nitrogen and oxygen atoms in total. The number of carbonyl (C=O) groups is 1. The number of aryl methyl sites for hydroxylation is 1. The zero-order valence-corrected chi connectivity index (χ0v) is 17.9. The zero-order chi connectivity index (χ0) is 23.3. The highest BCUT2D eigenvalue weighted by Gasteiger charge is 2.33. The second kappa shape index (κ2) is 10.2. The van der Waals surface area contributed by atoms with E-state index in [-0.39, 0.29) is 16.8 Å². The van der Waals surface area contributed by atoms with Gasteiger partial charge >= 0.3 is 6.18 Å². The van der Waals surface area contributed by atoms with Gasteiger partial charge in [-0.3, -0.25) is 14.9 Å². The summed E-state index contributed by atoms with van der Waals surface area (Å²) in [6.45, 7) is 2.92. The van der Waals surface area contributed by atoms with Crippen LogP contribution < -0.4 is 10.1 Å². The first kappa shape index (κ1) is 23.9. The second-order valence-corrected chi connectivity index (χ2v) is 8.24. The van der Waals surface area contributed by atoms with Crippen LogP contribution in [-0.2, 0) is 15.7 Å². The maximum atomic E-state index is 12.8. The molecule has 0 aliphatic carbocycles. The molecule has 32 heavy (non-hydrogen) atoms. The molecule has 0 radical (unpaired) electrons. The average molecular weight is 470 g/mol. The van der Waals surface area contributed by atoms with Gasteiger partial charge < -0.3 is 14.8 Å². The molecule has 2 aromatic rings. The molecule has 1 amide bonds. The maximum Gasteiger partial charge on any atom is 0.416 e. The van der Waals surface area contributed by atoms with Crippen molar-refractivity contribution in [3.05, 3.63) is 57.6 Å². The van der Waals surface area contributed by atoms with Crippen LogP contribution in [0, 0.1) is 17.0 Å². The van der Waals surface area contributed by atoms with Gasteiger partial charge in [0.1, 0.15) is 12.4 Å². The molecule has 1 saturated heterocycles. The Morgan fingerprint density at radius 1 is 1.31 bits per heavy atom. The lowest BCUT2D eigenvalue weighted by molar-refractivity contribution is -0.388. The number of carbonyl (C=O) groups excluding carboxylic acids is 1. The number of hydrogen-bond acceptors (Lipinski definition) is 6. The van der Waals surface area contributed by atoms with Gasteiger partial charge in [0.05, 0.1) is 32.9 Å². The monoisotopic (exact) mass is 470 g/mol. The van der Waals surface area contributed by atoms with Crippen molar-refractivity contribution in [3.63, 3.8) is 0 Å². The van der Waals surface area contributed by atoms with E-state index >= 15 is 0 Å². The summed E-state index contributed by atoms with van der Waals surface area (Å²) in [4.78, 5) is 22.7. The van der Waals surface area contributed by atoms with Crippen LogP contribution in [0.5, 0.6) is 5.75 Å². The fraction of sp³-hybridized carbons (Fsp3) is 0.381. The molecule has 1 fully saturated rings. The van der Waals surface area contributed by atoms with Crippen LogP contribution in [-0.4, -0.2) is 35.9 Å². The minimum Gasteiger partial charge on any atom is -0.489 e. The molecule has 1 aliphatic rings. The van der Waals surface area contributed by atoms with Gasteiger partial charge in [0.25, 0.3) is 5.69 Å². The van der Waals surface area contributed by atoms with Gasteiger partial charge in [-0.15, -0.1) is 11.8 Å². The normalized spacial score (nSPS) is 16.1. The van der Waals surface area contributed by atoms with Crippen LogP contribution in [0.25, 0.3) is 0 Å². The second-order valence-electron chi connectivity index (χ2n) is 7.22. The van der Waals surface area contributed by atoms with Gasteiger partial charge in [-0.05, 0) is 49.6 Å². The molecule has 0 bridgehead atoms. The third-order valence-corrected chi connectivity index (χ3v) is 5.76. The number of rotatable bonds is 8. The van der Waals surface area contributed by atoms with E-state index < -0.39 is 28.3 Å². The SMILES string of the molecule is Cc1ccc(NC(=O)CSc2ccc(C(F)(F)F)cc2[N+](=O)[O-])c(OCC2CCCO2)c1. The Kier molecular flexibility index (Phi) is 7.62. The highest BCUT2D eigenvalue weighted by Crippen LogP contribution is 2.36. The Hall–Kier alpha value is -2.79. The molecule has 1 aliphatic heterocycles. The molecule has 0 aromatic heterocycles. The largest absolute Gasteiger partial charge is 0.489 e. The first-order chi connectivity index (χ1) is 15.1. The molecule has 11 heteroatoms. The van der Waals surface area contributed by atoms with Crippen molar-refractivity contribution >= 4 is 29.0 Å². The lowest BCUT2D eigenvalue weighted by Crippen LogP contribution is -2.19. The first-order valence-corrected chi connectivity index (χ1v) is 10.8. The van der Waals surface area contributed by atoms with Gasteiger partial charge in [0, 0.05) is 12.7 Å². The molecule has 1 heterocycles. The molecular weight excluding hydrogens is 449 g/mol. The topological polar surface area (TPSA) is 90.7 Å². The van der Waals surface area contributed by atoms with Gasteiger partial charge in [-0.1, -0.05) is 6.07 Å². The maximum absolute atomic E-state index is 12.8. The fourth-order valence-corrected chi connectivity index (χ4v) is 3.90. The summed E-state index contributed by atoms with van der Waals surface area (Å²) in [7, 11) is 0. The predicted octanol–water partition coefficient (Wildman–Crippen LogP) is 5.21. The van der Waals surface area contributed by atoms with E-state index in [2.05, 4.69) is 5.32 Å². The van der Waals surface area contributed by atoms with E-state index in [1.54, 1.807) is 18.2 Å². The molecule has 172 valence electrons. The van der Waals surface area contributed by atoms with Gasteiger partial charge in [-0.25, -0.2) is 0 Å². The van der Waals surface area contributed by atoms with Crippen LogP contribution in [0.15, 0.2) is 41.3 Å². The first-order valence-electron chi connectivity index (χ1n) is 9.77. The summed E-state index contributed by atoms with van der Waals surface area (Å²) >= 11 is 0.783. The lowest BCUT2D eigenvalue weighted by atomic mass is 10.2. The summed E-state index contributed by atoms with van der Waals surface area (Å²) < 4.78 is 49.9. The van der Waals surface area contributed by atoms with Crippen LogP contribution in [0.2, 0.25) is 0 Å². The van der Waals surface area contributed by atoms with Gasteiger partial charge in [0.15, 0.2) is 0 Å². The van der Waals surface area contributed by atoms with Crippen LogP contribution >= 0.6 is 11.8 Å². The summed E-state index contributed by atoms with van der Waals surface area (Å²) in [5.41, 5.74) is -0.458. The van der Waals surface area contributed by atoms with Crippen molar-refractivity contribution in [2.75, 3.05) is 24.3 Å². The van der Waals surface area contributed by atoms with E-state index in [9.17, 15) is 28.1 Å². The molecular formula is C21H21F3N2O5S. The summed E-state index contributed by atoms with van der Waals surface area (Å²) in [5, 5.41) is 13.9. The highest BCUT2D eigenvalue weighted by molar-refractivity contribution is 8.00. The Morgan fingerprint density at radius 2 is 2.09 bits per heavy atom. The number of alkyl halides is 3. The van der Waals surface area contributed by atoms with Gasteiger partial charge in [0.2, 0.25) is 5.91 Å². The van der Waals surface area contributed by atoms with Crippen LogP contribution in [0.3, 0.4) is 0 Å². The zero-order valence-electron chi connectivity index (χ0n) is 17.1. The molecule has 1 atom stereocenters. The molecule has 1 N–H and O–H groups in total. The standard InChI is InChI=1S/C21H21F3N2O5S/c1-13-4-6-16(18(9-13)31-11-15-3-2-8-30-15)25-20(27)12-32-19-7-5-14(21(22,23)24)10-17(19)26(28)29/h4-7,9-10,15H,2-3,8,11-12H2,1H3,(H,25,27). The number of nitro benzene ring substituents is 1. The molecule has 1 unspecified atom stereocenters. The van der Waals surface area contributed by atoms with E-state index in [1.165, 1.54) is 0 Å². The minimum atomic E-state index is -4.70. The number of nitro groups is 1. The van der Waals surface area contributed by atoms with Crippen molar-refractivity contribution in [1.82, 2.24) is 0 Å². The van der Waals surface area contributed by atoms with Crippen molar-refractivity contribution in [2.24, 2.45) is 0 Å². The Balaban J connectivity index is 1.65. The summed E-state index contributed by atoms with van der Waals surface area (Å²) in [6.07, 6.45) is -2.83. The van der Waals surface area contributed by atoms with E-state index in [0.29, 0.717) is 30.7 Å². The molecule has 0 spiro atoms. The van der Waals surface area contributed by atoms with Crippen LogP contribution in [0.4, 0.5) is 24.5 Å². The Morgan fingerprint density at radius 3 is 2.75 bits per heavy atom. The summed E-state index contributed by atoms with van der Waals surface area (Å²) in [6, 6.07) is 7.48.